The maximum atomic E-state index is 6.09. The SMILES string of the molecule is Cc1ccccc1OCc1nnc(SCc2c(C)[nH]c3ccccc23)n1-c1ccccc1. The van der Waals surface area contributed by atoms with Gasteiger partial charge in [0.2, 0.25) is 0 Å². The highest BCUT2D eigenvalue weighted by Crippen LogP contribution is 2.31. The van der Waals surface area contributed by atoms with Gasteiger partial charge in [-0.25, -0.2) is 0 Å². The van der Waals surface area contributed by atoms with Gasteiger partial charge in [0.1, 0.15) is 12.4 Å². The Hall–Kier alpha value is -3.51. The lowest BCUT2D eigenvalue weighted by Gasteiger charge is -2.12. The minimum absolute atomic E-state index is 0.347. The average Bonchev–Trinajstić information content (AvgIpc) is 3.37. The molecular formula is C26H24N4OS. The Labute approximate surface area is 191 Å². The molecular weight excluding hydrogens is 416 g/mol. The van der Waals surface area contributed by atoms with Crippen LogP contribution in [0.1, 0.15) is 22.6 Å². The van der Waals surface area contributed by atoms with Crippen LogP contribution in [-0.4, -0.2) is 19.7 Å². The second kappa shape index (κ2) is 8.93. The van der Waals surface area contributed by atoms with E-state index < -0.39 is 0 Å². The second-order valence-electron chi connectivity index (χ2n) is 7.69. The number of nitrogens with one attached hydrogen (secondary N) is 1. The molecule has 6 heteroatoms. The first-order valence-electron chi connectivity index (χ1n) is 10.6. The first kappa shape index (κ1) is 20.4. The normalized spacial score (nSPS) is 11.2. The van der Waals surface area contributed by atoms with Crippen LogP contribution in [0.5, 0.6) is 5.75 Å². The minimum atomic E-state index is 0.347. The summed E-state index contributed by atoms with van der Waals surface area (Å²) in [5, 5.41) is 11.1. The van der Waals surface area contributed by atoms with Crippen molar-refractivity contribution in [3.8, 4) is 11.4 Å². The predicted octanol–water partition coefficient (Wildman–Crippen LogP) is 6.24. The molecule has 5 rings (SSSR count). The molecule has 160 valence electrons. The molecule has 2 aromatic heterocycles. The number of hydrogen-bond acceptors (Lipinski definition) is 4. The Kier molecular flexibility index (Phi) is 5.69. The third-order valence-corrected chi connectivity index (χ3v) is 6.49. The number of fused-ring (bicyclic) bond motifs is 1. The average molecular weight is 441 g/mol. The maximum Gasteiger partial charge on any atom is 0.196 e. The summed E-state index contributed by atoms with van der Waals surface area (Å²) >= 11 is 1.69. The third-order valence-electron chi connectivity index (χ3n) is 5.54. The fourth-order valence-corrected chi connectivity index (χ4v) is 4.93. The van der Waals surface area contributed by atoms with Gasteiger partial charge in [-0.2, -0.15) is 0 Å². The highest BCUT2D eigenvalue weighted by molar-refractivity contribution is 7.98. The zero-order valence-electron chi connectivity index (χ0n) is 18.1. The Bertz CT molecular complexity index is 1360. The first-order chi connectivity index (χ1) is 15.7. The van der Waals surface area contributed by atoms with Crippen molar-refractivity contribution in [2.45, 2.75) is 31.4 Å². The van der Waals surface area contributed by atoms with Crippen molar-refractivity contribution in [1.82, 2.24) is 19.7 Å². The van der Waals surface area contributed by atoms with Crippen LogP contribution < -0.4 is 4.74 Å². The quantitative estimate of drug-likeness (QED) is 0.305. The van der Waals surface area contributed by atoms with Crippen molar-refractivity contribution < 1.29 is 4.74 Å². The molecule has 0 aliphatic heterocycles. The number of para-hydroxylation sites is 3. The summed E-state index contributed by atoms with van der Waals surface area (Å²) in [5.41, 5.74) is 5.78. The van der Waals surface area contributed by atoms with E-state index in [9.17, 15) is 0 Å². The molecule has 0 aliphatic rings. The Morgan fingerprint density at radius 2 is 1.62 bits per heavy atom. The van der Waals surface area contributed by atoms with E-state index in [4.69, 9.17) is 4.74 Å². The first-order valence-corrected chi connectivity index (χ1v) is 11.6. The summed E-state index contributed by atoms with van der Waals surface area (Å²) in [6, 6.07) is 26.6. The molecule has 0 unspecified atom stereocenters. The lowest BCUT2D eigenvalue weighted by Crippen LogP contribution is -2.07. The van der Waals surface area contributed by atoms with Gasteiger partial charge >= 0.3 is 0 Å². The minimum Gasteiger partial charge on any atom is -0.485 e. The monoisotopic (exact) mass is 440 g/mol. The van der Waals surface area contributed by atoms with E-state index in [1.54, 1.807) is 11.8 Å². The molecule has 0 amide bonds. The van der Waals surface area contributed by atoms with Crippen molar-refractivity contribution in [2.24, 2.45) is 0 Å². The largest absolute Gasteiger partial charge is 0.485 e. The van der Waals surface area contributed by atoms with Gasteiger partial charge in [0.25, 0.3) is 0 Å². The Balaban J connectivity index is 1.44. The third kappa shape index (κ3) is 4.01. The van der Waals surface area contributed by atoms with Gasteiger partial charge in [-0.1, -0.05) is 66.4 Å². The fourth-order valence-electron chi connectivity index (χ4n) is 3.84. The van der Waals surface area contributed by atoms with Crippen molar-refractivity contribution >= 4 is 22.7 Å². The predicted molar refractivity (Wildman–Crippen MR) is 129 cm³/mol. The van der Waals surface area contributed by atoms with Gasteiger partial charge < -0.3 is 9.72 Å². The van der Waals surface area contributed by atoms with Crippen LogP contribution >= 0.6 is 11.8 Å². The topological polar surface area (TPSA) is 55.7 Å². The number of H-pyrrole nitrogens is 1. The van der Waals surface area contributed by atoms with Crippen molar-refractivity contribution in [1.29, 1.82) is 0 Å². The van der Waals surface area contributed by atoms with Crippen LogP contribution in [0.15, 0.2) is 84.0 Å². The molecule has 1 N–H and O–H groups in total. The fraction of sp³-hybridized carbons (Fsp3) is 0.154. The number of benzene rings is 3. The summed E-state index contributed by atoms with van der Waals surface area (Å²) < 4.78 is 8.18. The van der Waals surface area contributed by atoms with Gasteiger partial charge in [0, 0.05) is 28.0 Å². The van der Waals surface area contributed by atoms with Crippen molar-refractivity contribution in [3.05, 3.63) is 102 Å². The molecule has 0 aliphatic carbocycles. The van der Waals surface area contributed by atoms with Gasteiger partial charge in [0.05, 0.1) is 0 Å². The molecule has 2 heterocycles. The lowest BCUT2D eigenvalue weighted by atomic mass is 10.1. The molecule has 0 saturated heterocycles. The van der Waals surface area contributed by atoms with Gasteiger partial charge in [-0.05, 0) is 49.2 Å². The van der Waals surface area contributed by atoms with Crippen molar-refractivity contribution in [2.75, 3.05) is 0 Å². The zero-order chi connectivity index (χ0) is 21.9. The number of thioether (sulfide) groups is 1. The second-order valence-corrected chi connectivity index (χ2v) is 8.63. The van der Waals surface area contributed by atoms with E-state index >= 15 is 0 Å². The highest BCUT2D eigenvalue weighted by atomic mass is 32.2. The number of nitrogens with zero attached hydrogens (tertiary/aromatic N) is 3. The van der Waals surface area contributed by atoms with E-state index in [0.29, 0.717) is 6.61 Å². The van der Waals surface area contributed by atoms with Gasteiger partial charge in [-0.3, -0.25) is 4.57 Å². The number of aromatic amines is 1. The summed E-state index contributed by atoms with van der Waals surface area (Å²) in [5.74, 6) is 2.44. The summed E-state index contributed by atoms with van der Waals surface area (Å²) in [4.78, 5) is 3.48. The van der Waals surface area contributed by atoms with Crippen LogP contribution in [0.25, 0.3) is 16.6 Å². The lowest BCUT2D eigenvalue weighted by molar-refractivity contribution is 0.291. The standard InChI is InChI=1S/C26H24N4OS/c1-18-10-6-9-15-24(18)31-16-25-28-29-26(30(25)20-11-4-3-5-12-20)32-17-22-19(2)27-23-14-8-7-13-21(22)23/h3-15,27H,16-17H2,1-2H3. The van der Waals surface area contributed by atoms with E-state index in [1.807, 2.05) is 49.4 Å². The van der Waals surface area contributed by atoms with Crippen LogP contribution in [0.3, 0.4) is 0 Å². The number of aromatic nitrogens is 4. The molecule has 0 radical (unpaired) electrons. The van der Waals surface area contributed by atoms with Gasteiger partial charge in [-0.15, -0.1) is 10.2 Å². The smallest absolute Gasteiger partial charge is 0.196 e. The van der Waals surface area contributed by atoms with Gasteiger partial charge in [0.15, 0.2) is 11.0 Å². The number of aryl methyl sites for hydroxylation is 2. The molecule has 0 bridgehead atoms. The van der Waals surface area contributed by atoms with Crippen LogP contribution in [-0.2, 0) is 12.4 Å². The molecule has 0 spiro atoms. The van der Waals surface area contributed by atoms with Crippen molar-refractivity contribution in [3.63, 3.8) is 0 Å². The van der Waals surface area contributed by atoms with Crippen LogP contribution in [0.4, 0.5) is 0 Å². The molecule has 0 saturated carbocycles. The molecule has 3 aromatic carbocycles. The summed E-state index contributed by atoms with van der Waals surface area (Å²) in [7, 11) is 0. The Morgan fingerprint density at radius 1 is 0.875 bits per heavy atom. The zero-order valence-corrected chi connectivity index (χ0v) is 18.9. The van der Waals surface area contributed by atoms with E-state index in [-0.39, 0.29) is 0 Å². The molecule has 0 atom stereocenters. The molecule has 32 heavy (non-hydrogen) atoms. The molecule has 5 aromatic rings. The number of hydrogen-bond donors (Lipinski definition) is 1. The molecule has 5 nitrogen and oxygen atoms in total. The number of ether oxygens (including phenoxy) is 1. The summed E-state index contributed by atoms with van der Waals surface area (Å²) in [6.07, 6.45) is 0. The number of rotatable bonds is 7. The summed E-state index contributed by atoms with van der Waals surface area (Å²) in [6.45, 7) is 4.51. The highest BCUT2D eigenvalue weighted by Gasteiger charge is 2.17. The van der Waals surface area contributed by atoms with Crippen LogP contribution in [0.2, 0.25) is 0 Å². The Morgan fingerprint density at radius 3 is 2.47 bits per heavy atom. The van der Waals surface area contributed by atoms with E-state index in [0.717, 1.165) is 39.3 Å². The van der Waals surface area contributed by atoms with Crippen LogP contribution in [0, 0.1) is 13.8 Å². The van der Waals surface area contributed by atoms with E-state index in [1.165, 1.54) is 16.6 Å². The molecule has 0 fully saturated rings. The van der Waals surface area contributed by atoms with E-state index in [2.05, 4.69) is 63.1 Å². The maximum absolute atomic E-state index is 6.09.